The Balaban J connectivity index is 1.66. The Morgan fingerprint density at radius 2 is 2.11 bits per heavy atom. The molecule has 1 unspecified atom stereocenters. The van der Waals surface area contributed by atoms with Crippen molar-refractivity contribution in [1.29, 1.82) is 0 Å². The van der Waals surface area contributed by atoms with E-state index >= 15 is 0 Å². The van der Waals surface area contributed by atoms with Crippen molar-refractivity contribution in [1.82, 2.24) is 14.8 Å². The van der Waals surface area contributed by atoms with Crippen molar-refractivity contribution in [3.8, 4) is 22.8 Å². The molecule has 2 amide bonds. The molecule has 0 aliphatic carbocycles. The second-order valence-corrected chi connectivity index (χ2v) is 10.3. The van der Waals surface area contributed by atoms with Crippen LogP contribution >= 0.6 is 11.6 Å². The first-order chi connectivity index (χ1) is 18.2. The van der Waals surface area contributed by atoms with E-state index in [1.165, 1.54) is 24.3 Å². The van der Waals surface area contributed by atoms with Gasteiger partial charge in [0.15, 0.2) is 5.75 Å². The molecule has 1 aromatic carbocycles. The quantitative estimate of drug-likeness (QED) is 0.577. The van der Waals surface area contributed by atoms with Crippen LogP contribution < -0.4 is 9.64 Å². The Bertz CT molecular complexity index is 1270. The Hall–Kier alpha value is -3.37. The summed E-state index contributed by atoms with van der Waals surface area (Å²) in [6, 6.07) is 3.54. The van der Waals surface area contributed by atoms with Crippen LogP contribution in [0.3, 0.4) is 0 Å². The van der Waals surface area contributed by atoms with Crippen LogP contribution in [0.25, 0.3) is 11.3 Å². The number of aromatic hydroxyl groups is 1. The molecule has 2 fully saturated rings. The number of hydrogen-bond acceptors (Lipinski definition) is 7. The molecule has 1 N–H and O–H groups in total. The van der Waals surface area contributed by atoms with Crippen molar-refractivity contribution in [3.63, 3.8) is 0 Å². The number of aromatic nitrogens is 1. The zero-order valence-corrected chi connectivity index (χ0v) is 22.1. The minimum Gasteiger partial charge on any atom is -0.507 e. The molecule has 9 nitrogen and oxygen atoms in total. The second kappa shape index (κ2) is 10.4. The molecule has 3 atom stereocenters. The van der Waals surface area contributed by atoms with Gasteiger partial charge in [0.1, 0.15) is 40.3 Å². The lowest BCUT2D eigenvalue weighted by atomic mass is 10.0. The lowest BCUT2D eigenvalue weighted by molar-refractivity contribution is -0.128. The minimum atomic E-state index is -0.701. The van der Waals surface area contributed by atoms with E-state index in [9.17, 15) is 19.1 Å². The molecule has 3 aliphatic rings. The van der Waals surface area contributed by atoms with Gasteiger partial charge in [-0.2, -0.15) is 0 Å². The first-order valence-corrected chi connectivity index (χ1v) is 12.9. The van der Waals surface area contributed by atoms with Crippen molar-refractivity contribution in [2.45, 2.75) is 25.4 Å². The molecule has 2 aromatic rings. The highest BCUT2D eigenvalue weighted by molar-refractivity contribution is 6.35. The maximum Gasteiger partial charge on any atom is 0.261 e. The highest BCUT2D eigenvalue weighted by atomic mass is 35.5. The number of rotatable bonds is 5. The van der Waals surface area contributed by atoms with E-state index in [4.69, 9.17) is 26.1 Å². The van der Waals surface area contributed by atoms with E-state index in [1.807, 2.05) is 11.8 Å². The van der Waals surface area contributed by atoms with Gasteiger partial charge in [-0.1, -0.05) is 24.2 Å². The first-order valence-electron chi connectivity index (χ1n) is 12.6. The van der Waals surface area contributed by atoms with E-state index in [0.717, 1.165) is 6.42 Å². The lowest BCUT2D eigenvalue weighted by Gasteiger charge is -2.39. The van der Waals surface area contributed by atoms with Gasteiger partial charge in [-0.3, -0.25) is 9.59 Å². The standard InChI is InChI=1S/C27H30ClFN4O5/c1-4-20(35)31-8-9-32-17(12-31)14-38-25-22(27(32)36)26(33-11-16(13-37-3)10-15(33)2)30-24(23(25)28)21-18(29)6-5-7-19(21)34/h4-7,15-17,34H,1,8-14H2,2-3H3/t15-,16?,17+/m0/s1. The number of phenolic OH excluding ortho intramolecular Hbond substituents is 1. The maximum absolute atomic E-state index is 15.0. The summed E-state index contributed by atoms with van der Waals surface area (Å²) in [5.74, 6) is -0.936. The summed E-state index contributed by atoms with van der Waals surface area (Å²) >= 11 is 6.78. The third kappa shape index (κ3) is 4.45. The number of carbonyl (C=O) groups excluding carboxylic acids is 2. The number of methoxy groups -OCH3 is 1. The zero-order valence-electron chi connectivity index (χ0n) is 21.3. The van der Waals surface area contributed by atoms with E-state index in [2.05, 4.69) is 6.58 Å². The molecular weight excluding hydrogens is 515 g/mol. The predicted octanol–water partition coefficient (Wildman–Crippen LogP) is 3.34. The van der Waals surface area contributed by atoms with Crippen molar-refractivity contribution in [2.24, 2.45) is 5.92 Å². The third-order valence-electron chi connectivity index (χ3n) is 7.50. The number of anilines is 1. The number of carbonyl (C=O) groups is 2. The maximum atomic E-state index is 15.0. The van der Waals surface area contributed by atoms with Gasteiger partial charge in [0.05, 0.1) is 18.2 Å². The molecule has 11 heteroatoms. The van der Waals surface area contributed by atoms with E-state index < -0.39 is 11.9 Å². The molecule has 4 heterocycles. The fraction of sp³-hybridized carbons (Fsp3) is 0.444. The average Bonchev–Trinajstić information content (AvgIpc) is 3.19. The van der Waals surface area contributed by atoms with Crippen molar-refractivity contribution >= 4 is 29.2 Å². The van der Waals surface area contributed by atoms with Crippen LogP contribution in [0, 0.1) is 11.7 Å². The van der Waals surface area contributed by atoms with Crippen LogP contribution in [-0.4, -0.2) is 90.3 Å². The number of benzene rings is 1. The Kier molecular flexibility index (Phi) is 7.19. The summed E-state index contributed by atoms with van der Waals surface area (Å²) in [6.45, 7) is 7.72. The molecule has 0 radical (unpaired) electrons. The lowest BCUT2D eigenvalue weighted by Crippen LogP contribution is -2.57. The molecule has 38 heavy (non-hydrogen) atoms. The molecule has 3 aliphatic heterocycles. The second-order valence-electron chi connectivity index (χ2n) is 9.95. The molecule has 202 valence electrons. The number of piperazine rings is 1. The summed E-state index contributed by atoms with van der Waals surface area (Å²) < 4.78 is 26.6. The molecule has 0 spiro atoms. The molecule has 2 saturated heterocycles. The minimum absolute atomic E-state index is 0.00361. The van der Waals surface area contributed by atoms with Gasteiger partial charge >= 0.3 is 0 Å². The normalized spacial score (nSPS) is 23.0. The fourth-order valence-electron chi connectivity index (χ4n) is 5.69. The molecule has 1 aromatic heterocycles. The summed E-state index contributed by atoms with van der Waals surface area (Å²) in [5.41, 5.74) is 0.0302. The fourth-order valence-corrected chi connectivity index (χ4v) is 5.98. The Labute approximate surface area is 225 Å². The van der Waals surface area contributed by atoms with Gasteiger partial charge in [-0.15, -0.1) is 0 Å². The van der Waals surface area contributed by atoms with Crippen LogP contribution in [0.5, 0.6) is 11.5 Å². The predicted molar refractivity (Wildman–Crippen MR) is 140 cm³/mol. The number of halogens is 2. The molecule has 5 rings (SSSR count). The van der Waals surface area contributed by atoms with Gasteiger partial charge in [0.25, 0.3) is 5.91 Å². The summed E-state index contributed by atoms with van der Waals surface area (Å²) in [6.07, 6.45) is 2.06. The number of nitrogens with zero attached hydrogens (tertiary/aromatic N) is 4. The number of ether oxygens (including phenoxy) is 2. The van der Waals surface area contributed by atoms with Gasteiger partial charge in [0, 0.05) is 45.2 Å². The topological polar surface area (TPSA) is 95.4 Å². The van der Waals surface area contributed by atoms with Crippen LogP contribution in [0.1, 0.15) is 23.7 Å². The monoisotopic (exact) mass is 544 g/mol. The number of fused-ring (bicyclic) bond motifs is 2. The number of pyridine rings is 1. The Morgan fingerprint density at radius 3 is 2.82 bits per heavy atom. The van der Waals surface area contributed by atoms with Gasteiger partial charge in [0.2, 0.25) is 5.91 Å². The van der Waals surface area contributed by atoms with Crippen LogP contribution in [0.4, 0.5) is 10.2 Å². The van der Waals surface area contributed by atoms with Gasteiger partial charge < -0.3 is 29.3 Å². The summed E-state index contributed by atoms with van der Waals surface area (Å²) in [7, 11) is 1.65. The van der Waals surface area contributed by atoms with Crippen molar-refractivity contribution in [2.75, 3.05) is 51.4 Å². The highest BCUT2D eigenvalue weighted by Gasteiger charge is 2.42. The zero-order chi connectivity index (χ0) is 27.1. The van der Waals surface area contributed by atoms with Crippen LogP contribution in [-0.2, 0) is 9.53 Å². The van der Waals surface area contributed by atoms with Crippen LogP contribution in [0.2, 0.25) is 5.02 Å². The third-order valence-corrected chi connectivity index (χ3v) is 7.85. The highest BCUT2D eigenvalue weighted by Crippen LogP contribution is 2.47. The summed E-state index contributed by atoms with van der Waals surface area (Å²) in [5, 5.41) is 10.5. The Morgan fingerprint density at radius 1 is 1.32 bits per heavy atom. The number of amides is 2. The van der Waals surface area contributed by atoms with E-state index in [0.29, 0.717) is 32.1 Å². The number of phenols is 1. The van der Waals surface area contributed by atoms with Crippen LogP contribution in [0.15, 0.2) is 30.9 Å². The smallest absolute Gasteiger partial charge is 0.261 e. The molecule has 0 saturated carbocycles. The van der Waals surface area contributed by atoms with Gasteiger partial charge in [-0.25, -0.2) is 9.37 Å². The van der Waals surface area contributed by atoms with Gasteiger partial charge in [-0.05, 0) is 31.6 Å². The van der Waals surface area contributed by atoms with Crippen molar-refractivity contribution in [3.05, 3.63) is 47.3 Å². The molecular formula is C27H30ClFN4O5. The molecule has 0 bridgehead atoms. The van der Waals surface area contributed by atoms with E-state index in [1.54, 1.807) is 16.9 Å². The van der Waals surface area contributed by atoms with Crippen molar-refractivity contribution < 1.29 is 28.6 Å². The largest absolute Gasteiger partial charge is 0.507 e. The SMILES string of the molecule is C=CC(=O)N1CCN2C(=O)c3c(N4CC(COC)C[C@@H]4C)nc(-c4c(O)cccc4F)c(Cl)c3OC[C@H]2C1. The number of hydrogen-bond donors (Lipinski definition) is 1. The van der Waals surface area contributed by atoms with E-state index in [-0.39, 0.29) is 70.3 Å². The first kappa shape index (κ1) is 26.2. The average molecular weight is 545 g/mol. The summed E-state index contributed by atoms with van der Waals surface area (Å²) in [4.78, 5) is 36.4.